The summed E-state index contributed by atoms with van der Waals surface area (Å²) in [5.74, 6) is -1.32. The smallest absolute Gasteiger partial charge is 0.329 e. The Kier molecular flexibility index (Phi) is 7.40. The van der Waals surface area contributed by atoms with Crippen LogP contribution in [0.25, 0.3) is 0 Å². The number of amides is 3. The fraction of sp³-hybridized carbons (Fsp3) is 0.500. The van der Waals surface area contributed by atoms with E-state index < -0.39 is 18.1 Å². The fourth-order valence-corrected chi connectivity index (χ4v) is 2.99. The third kappa shape index (κ3) is 6.03. The van der Waals surface area contributed by atoms with Gasteiger partial charge in [-0.2, -0.15) is 0 Å². The van der Waals surface area contributed by atoms with Crippen LogP contribution in [0, 0.1) is 0 Å². The molecule has 142 valence electrons. The molecule has 8 heteroatoms. The Morgan fingerprint density at radius 1 is 1.08 bits per heavy atom. The first-order valence-electron chi connectivity index (χ1n) is 8.70. The van der Waals surface area contributed by atoms with Crippen molar-refractivity contribution in [2.75, 3.05) is 19.8 Å². The van der Waals surface area contributed by atoms with Crippen LogP contribution in [0.5, 0.6) is 0 Å². The Balaban J connectivity index is 1.80. The molecule has 1 aromatic carbocycles. The Hall–Kier alpha value is -2.61. The first kappa shape index (κ1) is 19.7. The van der Waals surface area contributed by atoms with Gasteiger partial charge in [0.05, 0.1) is 6.61 Å². The molecule has 0 unspecified atom stereocenters. The van der Waals surface area contributed by atoms with Gasteiger partial charge in [0, 0.05) is 13.1 Å². The summed E-state index contributed by atoms with van der Waals surface area (Å²) < 4.78 is 4.90. The van der Waals surface area contributed by atoms with Crippen molar-refractivity contribution in [2.24, 2.45) is 0 Å². The van der Waals surface area contributed by atoms with Crippen molar-refractivity contribution < 1.29 is 24.2 Å². The van der Waals surface area contributed by atoms with Crippen molar-refractivity contribution in [3.8, 4) is 0 Å². The van der Waals surface area contributed by atoms with Crippen LogP contribution in [0.15, 0.2) is 30.3 Å². The third-order valence-corrected chi connectivity index (χ3v) is 4.30. The quantitative estimate of drug-likeness (QED) is 0.489. The molecule has 1 fully saturated rings. The molecule has 26 heavy (non-hydrogen) atoms. The highest BCUT2D eigenvalue weighted by Crippen LogP contribution is 2.29. The molecule has 0 aliphatic heterocycles. The summed E-state index contributed by atoms with van der Waals surface area (Å²) in [7, 11) is 0. The minimum Gasteiger partial charge on any atom is -0.480 e. The van der Waals surface area contributed by atoms with Crippen LogP contribution in [0.1, 0.15) is 31.2 Å². The molecular weight excluding hydrogens is 338 g/mol. The summed E-state index contributed by atoms with van der Waals surface area (Å²) in [4.78, 5) is 35.2. The Morgan fingerprint density at radius 2 is 1.77 bits per heavy atom. The molecule has 4 N–H and O–H groups in total. The van der Waals surface area contributed by atoms with E-state index in [1.165, 1.54) is 0 Å². The Labute approximate surface area is 152 Å². The standard InChI is InChI=1S/C18H25N3O5/c22-15(23)13-26-11-10-19-16(24)18(8-4-5-9-18)21-17(25)20-12-14-6-2-1-3-7-14/h1-3,6-7H,4-5,8-13H2,(H,19,24)(H,22,23)(H2,20,21,25). The second-order valence-electron chi connectivity index (χ2n) is 6.28. The largest absolute Gasteiger partial charge is 0.480 e. The van der Waals surface area contributed by atoms with E-state index >= 15 is 0 Å². The number of carbonyl (C=O) groups is 3. The summed E-state index contributed by atoms with van der Waals surface area (Å²) in [6, 6.07) is 9.14. The number of benzene rings is 1. The summed E-state index contributed by atoms with van der Waals surface area (Å²) in [5, 5.41) is 16.8. The topological polar surface area (TPSA) is 117 Å². The van der Waals surface area contributed by atoms with E-state index in [1.807, 2.05) is 30.3 Å². The zero-order valence-electron chi connectivity index (χ0n) is 14.6. The molecule has 0 heterocycles. The van der Waals surface area contributed by atoms with Crippen molar-refractivity contribution >= 4 is 17.9 Å². The normalized spacial score (nSPS) is 15.2. The lowest BCUT2D eigenvalue weighted by atomic mass is 9.96. The monoisotopic (exact) mass is 363 g/mol. The van der Waals surface area contributed by atoms with Gasteiger partial charge in [0.2, 0.25) is 5.91 Å². The second kappa shape index (κ2) is 9.76. The van der Waals surface area contributed by atoms with E-state index in [-0.39, 0.29) is 25.1 Å². The molecule has 1 aliphatic rings. The van der Waals surface area contributed by atoms with E-state index in [9.17, 15) is 14.4 Å². The number of rotatable bonds is 9. The lowest BCUT2D eigenvalue weighted by molar-refractivity contribution is -0.142. The minimum absolute atomic E-state index is 0.105. The third-order valence-electron chi connectivity index (χ3n) is 4.30. The number of ether oxygens (including phenoxy) is 1. The molecule has 0 bridgehead atoms. The fourth-order valence-electron chi connectivity index (χ4n) is 2.99. The van der Waals surface area contributed by atoms with Crippen molar-refractivity contribution in [1.29, 1.82) is 0 Å². The van der Waals surface area contributed by atoms with E-state index in [2.05, 4.69) is 16.0 Å². The average molecular weight is 363 g/mol. The van der Waals surface area contributed by atoms with Gasteiger partial charge >= 0.3 is 12.0 Å². The van der Waals surface area contributed by atoms with Gasteiger partial charge in [-0.25, -0.2) is 9.59 Å². The van der Waals surface area contributed by atoms with E-state index in [0.29, 0.717) is 19.4 Å². The summed E-state index contributed by atoms with van der Waals surface area (Å²) in [5.41, 5.74) is 0.0521. The van der Waals surface area contributed by atoms with Crippen LogP contribution in [0.2, 0.25) is 0 Å². The predicted octanol–water partition coefficient (Wildman–Crippen LogP) is 1.02. The molecule has 2 rings (SSSR count). The molecular formula is C18H25N3O5. The number of urea groups is 1. The number of aliphatic carboxylic acids is 1. The first-order valence-corrected chi connectivity index (χ1v) is 8.70. The van der Waals surface area contributed by atoms with Crippen molar-refractivity contribution in [1.82, 2.24) is 16.0 Å². The summed E-state index contributed by atoms with van der Waals surface area (Å²) in [6.07, 6.45) is 2.88. The Bertz CT molecular complexity index is 615. The number of hydrogen-bond acceptors (Lipinski definition) is 4. The molecule has 1 aliphatic carbocycles. The molecule has 1 saturated carbocycles. The van der Waals surface area contributed by atoms with Gasteiger partial charge in [-0.05, 0) is 18.4 Å². The predicted molar refractivity (Wildman–Crippen MR) is 94.5 cm³/mol. The van der Waals surface area contributed by atoms with Gasteiger partial charge in [-0.15, -0.1) is 0 Å². The molecule has 0 saturated heterocycles. The maximum Gasteiger partial charge on any atom is 0.329 e. The number of carboxylic acid groups (broad SMARTS) is 1. The molecule has 1 aromatic rings. The SMILES string of the molecule is O=C(O)COCCNC(=O)C1(NC(=O)NCc2ccccc2)CCCC1. The van der Waals surface area contributed by atoms with Crippen molar-refractivity contribution in [3.63, 3.8) is 0 Å². The number of hydrogen-bond donors (Lipinski definition) is 4. The van der Waals surface area contributed by atoms with Gasteiger partial charge in [0.1, 0.15) is 12.1 Å². The molecule has 0 radical (unpaired) electrons. The number of nitrogens with one attached hydrogen (secondary N) is 3. The van der Waals surface area contributed by atoms with Gasteiger partial charge < -0.3 is 25.8 Å². The van der Waals surface area contributed by atoms with Gasteiger partial charge in [0.15, 0.2) is 0 Å². The first-order chi connectivity index (χ1) is 12.5. The molecule has 0 aromatic heterocycles. The maximum absolute atomic E-state index is 12.5. The van der Waals surface area contributed by atoms with Crippen molar-refractivity contribution in [2.45, 2.75) is 37.8 Å². The number of carboxylic acids is 1. The summed E-state index contributed by atoms with van der Waals surface area (Å²) >= 11 is 0. The molecule has 3 amide bonds. The van der Waals surface area contributed by atoms with Crippen molar-refractivity contribution in [3.05, 3.63) is 35.9 Å². The van der Waals surface area contributed by atoms with E-state index in [1.54, 1.807) is 0 Å². The van der Waals surface area contributed by atoms with Crippen LogP contribution in [-0.2, 0) is 20.9 Å². The highest BCUT2D eigenvalue weighted by atomic mass is 16.5. The van der Waals surface area contributed by atoms with Crippen LogP contribution >= 0.6 is 0 Å². The van der Waals surface area contributed by atoms with Gasteiger partial charge in [-0.3, -0.25) is 4.79 Å². The highest BCUT2D eigenvalue weighted by Gasteiger charge is 2.42. The number of carbonyl (C=O) groups excluding carboxylic acids is 2. The average Bonchev–Trinajstić information content (AvgIpc) is 3.10. The van der Waals surface area contributed by atoms with E-state index in [0.717, 1.165) is 18.4 Å². The van der Waals surface area contributed by atoms with E-state index in [4.69, 9.17) is 9.84 Å². The lowest BCUT2D eigenvalue weighted by Crippen LogP contribution is -2.59. The van der Waals surface area contributed by atoms with Gasteiger partial charge in [-0.1, -0.05) is 43.2 Å². The molecule has 0 spiro atoms. The second-order valence-corrected chi connectivity index (χ2v) is 6.28. The summed E-state index contributed by atoms with van der Waals surface area (Å²) in [6.45, 7) is 0.282. The minimum atomic E-state index is -1.06. The van der Waals surface area contributed by atoms with Crippen LogP contribution < -0.4 is 16.0 Å². The van der Waals surface area contributed by atoms with Gasteiger partial charge in [0.25, 0.3) is 0 Å². The zero-order valence-corrected chi connectivity index (χ0v) is 14.6. The Morgan fingerprint density at radius 3 is 2.42 bits per heavy atom. The molecule has 8 nitrogen and oxygen atoms in total. The molecule has 0 atom stereocenters. The lowest BCUT2D eigenvalue weighted by Gasteiger charge is -2.29. The van der Waals surface area contributed by atoms with Crippen LogP contribution in [-0.4, -0.2) is 48.3 Å². The zero-order chi connectivity index (χ0) is 18.8. The highest BCUT2D eigenvalue weighted by molar-refractivity contribution is 5.91. The van der Waals surface area contributed by atoms with Crippen LogP contribution in [0.3, 0.4) is 0 Å². The van der Waals surface area contributed by atoms with Crippen LogP contribution in [0.4, 0.5) is 4.79 Å². The maximum atomic E-state index is 12.5.